The van der Waals surface area contributed by atoms with Crippen molar-refractivity contribution in [1.29, 1.82) is 0 Å². The topological polar surface area (TPSA) is 237 Å². The average molecular weight is 1450 g/mol. The number of unbranched alkanes of at least 4 members (excludes halogenated alkanes) is 26. The van der Waals surface area contributed by atoms with Crippen LogP contribution in [0.5, 0.6) is 0 Å². The number of hydrogen-bond donors (Lipinski definition) is 3. The molecule has 5 atom stereocenters. The highest BCUT2D eigenvalue weighted by molar-refractivity contribution is 7.47. The molecule has 3 N–H and O–H groups in total. The van der Waals surface area contributed by atoms with E-state index in [-0.39, 0.29) is 25.7 Å². The minimum atomic E-state index is -4.99. The fraction of sp³-hybridized carbons (Fsp3) is 0.704. The van der Waals surface area contributed by atoms with Gasteiger partial charge in [0.25, 0.3) is 0 Å². The van der Waals surface area contributed by atoms with Gasteiger partial charge in [0, 0.05) is 25.7 Å². The van der Waals surface area contributed by atoms with Gasteiger partial charge in [-0.3, -0.25) is 37.3 Å². The molecule has 0 saturated heterocycles. The van der Waals surface area contributed by atoms with Gasteiger partial charge in [-0.1, -0.05) is 258 Å². The molecule has 19 heteroatoms. The fourth-order valence-corrected chi connectivity index (χ4v) is 11.6. The van der Waals surface area contributed by atoms with Crippen LogP contribution in [0.1, 0.15) is 310 Å². The number of allylic oxidation sites excluding steroid dienone is 20. The van der Waals surface area contributed by atoms with Crippen molar-refractivity contribution in [1.82, 2.24) is 0 Å². The molecule has 0 aliphatic heterocycles. The van der Waals surface area contributed by atoms with Crippen molar-refractivity contribution < 1.29 is 80.2 Å². The van der Waals surface area contributed by atoms with E-state index in [1.807, 2.05) is 0 Å². The van der Waals surface area contributed by atoms with Crippen molar-refractivity contribution in [2.24, 2.45) is 0 Å². The van der Waals surface area contributed by atoms with Crippen LogP contribution in [0.25, 0.3) is 0 Å². The van der Waals surface area contributed by atoms with Crippen LogP contribution in [-0.4, -0.2) is 96.7 Å². The number of phosphoric acid groups is 2. The van der Waals surface area contributed by atoms with Crippen molar-refractivity contribution in [3.63, 3.8) is 0 Å². The lowest BCUT2D eigenvalue weighted by Crippen LogP contribution is -2.30. The number of rotatable bonds is 72. The number of ether oxygens (including phenoxy) is 4. The van der Waals surface area contributed by atoms with Gasteiger partial charge in [0.2, 0.25) is 0 Å². The summed E-state index contributed by atoms with van der Waals surface area (Å²) in [4.78, 5) is 72.9. The van der Waals surface area contributed by atoms with Crippen LogP contribution in [0, 0.1) is 0 Å². The van der Waals surface area contributed by atoms with Gasteiger partial charge < -0.3 is 33.8 Å². The number of phosphoric ester groups is 2. The SMILES string of the molecule is CC/C=C\C/C=C\C/C=C\C/C=C\CCCCCCC(=O)OCC(COP(=O)(O)OCC(O)COP(=O)(O)OCC(COC(=O)CCCCCCC/C=C\CCCCCCCC)OC(=O)CCCCCCC/C=C\CCCC)OC(=O)CCCCCC/C=C\C/C=C\C/C=C\C/C=C\CC. The Labute approximate surface area is 606 Å². The van der Waals surface area contributed by atoms with E-state index >= 15 is 0 Å². The molecule has 0 radical (unpaired) electrons. The lowest BCUT2D eigenvalue weighted by atomic mass is 10.1. The van der Waals surface area contributed by atoms with Gasteiger partial charge in [-0.2, -0.15) is 0 Å². The molecule has 5 unspecified atom stereocenters. The highest BCUT2D eigenvalue weighted by atomic mass is 31.2. The van der Waals surface area contributed by atoms with E-state index in [1.54, 1.807) is 0 Å². The summed E-state index contributed by atoms with van der Waals surface area (Å²) in [5, 5.41) is 10.6. The van der Waals surface area contributed by atoms with E-state index in [2.05, 4.69) is 149 Å². The van der Waals surface area contributed by atoms with Crippen molar-refractivity contribution in [3.8, 4) is 0 Å². The summed E-state index contributed by atoms with van der Waals surface area (Å²) < 4.78 is 68.4. The monoisotopic (exact) mass is 1440 g/mol. The maximum absolute atomic E-state index is 13.1. The Kier molecular flexibility index (Phi) is 69.5. The van der Waals surface area contributed by atoms with Gasteiger partial charge in [0.05, 0.1) is 26.4 Å². The van der Waals surface area contributed by atoms with Gasteiger partial charge in [0.1, 0.15) is 19.3 Å². The second-order valence-corrected chi connectivity index (χ2v) is 28.4. The van der Waals surface area contributed by atoms with Gasteiger partial charge in [0.15, 0.2) is 12.2 Å². The van der Waals surface area contributed by atoms with Crippen LogP contribution in [-0.2, 0) is 65.4 Å². The number of hydrogen-bond acceptors (Lipinski definition) is 15. The third kappa shape index (κ3) is 71.8. The van der Waals surface area contributed by atoms with E-state index < -0.39 is 97.5 Å². The molecule has 0 aliphatic carbocycles. The maximum atomic E-state index is 13.1. The number of carbonyl (C=O) groups is 4. The van der Waals surface area contributed by atoms with Crippen LogP contribution in [0.15, 0.2) is 122 Å². The van der Waals surface area contributed by atoms with Crippen molar-refractivity contribution >= 4 is 39.5 Å². The molecular weight excluding hydrogens is 1310 g/mol. The fourth-order valence-electron chi connectivity index (χ4n) is 10.0. The Balaban J connectivity index is 5.39. The molecule has 0 aromatic heterocycles. The predicted molar refractivity (Wildman–Crippen MR) is 408 cm³/mol. The molecule has 0 spiro atoms. The standard InChI is InChI=1S/C81H138O17P2/c1-5-9-13-17-21-25-29-32-35-37-40-43-47-50-54-58-62-66-79(84)92-72-77(98-81(86)68-64-60-56-52-48-44-41-38-36-33-30-26-22-18-14-10-6-2)74-96-100(89,90)94-70-75(82)69-93-99(87,88)95-73-76(97-80(85)67-63-59-55-51-45-28-24-20-16-12-8-4)71-91-78(83)65-61-57-53-49-46-42-39-34-31-27-23-19-15-11-7-3/h9-10,13-14,20-22,24-26,32-36,39-41,43-44,75-77,82H,5-8,11-12,15-19,23,27-31,37-38,42,45-74H2,1-4H3,(H,87,88)(H,89,90)/b13-9-,14-10-,24-20-,25-21-,26-22-,35-32-,36-33-,39-34-,43-40-,44-41-. The van der Waals surface area contributed by atoms with Crippen LogP contribution in [0.3, 0.4) is 0 Å². The number of aliphatic hydroxyl groups excluding tert-OH is 1. The van der Waals surface area contributed by atoms with E-state index in [4.69, 9.17) is 37.0 Å². The summed E-state index contributed by atoms with van der Waals surface area (Å²) in [6.45, 7) is 4.53. The molecule has 0 fully saturated rings. The molecule has 0 bridgehead atoms. The number of esters is 4. The van der Waals surface area contributed by atoms with E-state index in [0.717, 1.165) is 180 Å². The molecule has 0 aliphatic rings. The van der Waals surface area contributed by atoms with Gasteiger partial charge in [-0.05, 0) is 148 Å². The zero-order chi connectivity index (χ0) is 73.2. The summed E-state index contributed by atoms with van der Waals surface area (Å²) in [6, 6.07) is 0. The highest BCUT2D eigenvalue weighted by Crippen LogP contribution is 2.45. The van der Waals surface area contributed by atoms with Crippen molar-refractivity contribution in [2.75, 3.05) is 39.6 Å². The second kappa shape index (κ2) is 72.8. The minimum absolute atomic E-state index is 0.0583. The number of aliphatic hydroxyl groups is 1. The Bertz CT molecular complexity index is 2370. The third-order valence-electron chi connectivity index (χ3n) is 15.9. The molecule has 0 heterocycles. The van der Waals surface area contributed by atoms with Gasteiger partial charge >= 0.3 is 39.5 Å². The molecule has 0 rings (SSSR count). The summed E-state index contributed by atoms with van der Waals surface area (Å²) in [6.07, 6.45) is 79.0. The first-order chi connectivity index (χ1) is 48.7. The Morgan fingerprint density at radius 2 is 0.530 bits per heavy atom. The lowest BCUT2D eigenvalue weighted by molar-refractivity contribution is -0.161. The van der Waals surface area contributed by atoms with Gasteiger partial charge in [-0.25, -0.2) is 9.13 Å². The first-order valence-corrected chi connectivity index (χ1v) is 41.8. The van der Waals surface area contributed by atoms with E-state index in [9.17, 15) is 43.2 Å². The zero-order valence-corrected chi connectivity index (χ0v) is 64.4. The highest BCUT2D eigenvalue weighted by Gasteiger charge is 2.30. The third-order valence-corrected chi connectivity index (χ3v) is 17.8. The summed E-state index contributed by atoms with van der Waals surface area (Å²) in [5.74, 6) is -2.24. The van der Waals surface area contributed by atoms with Crippen molar-refractivity contribution in [2.45, 2.75) is 329 Å². The molecule has 574 valence electrons. The summed E-state index contributed by atoms with van der Waals surface area (Å²) in [5.41, 5.74) is 0. The molecule has 17 nitrogen and oxygen atoms in total. The first-order valence-electron chi connectivity index (χ1n) is 38.8. The van der Waals surface area contributed by atoms with Crippen LogP contribution >= 0.6 is 15.6 Å². The molecule has 0 amide bonds. The van der Waals surface area contributed by atoms with Gasteiger partial charge in [-0.15, -0.1) is 0 Å². The molecule has 0 aromatic carbocycles. The van der Waals surface area contributed by atoms with Crippen LogP contribution in [0.2, 0.25) is 0 Å². The molecular formula is C81H138O17P2. The second-order valence-electron chi connectivity index (χ2n) is 25.5. The van der Waals surface area contributed by atoms with E-state index in [0.29, 0.717) is 25.7 Å². The Hall–Kier alpha value is -4.54. The lowest BCUT2D eigenvalue weighted by Gasteiger charge is -2.21. The van der Waals surface area contributed by atoms with Crippen LogP contribution in [0.4, 0.5) is 0 Å². The summed E-state index contributed by atoms with van der Waals surface area (Å²) in [7, 11) is -9.97. The molecule has 0 aromatic rings. The van der Waals surface area contributed by atoms with E-state index in [1.165, 1.54) is 51.4 Å². The molecule has 100 heavy (non-hydrogen) atoms. The van der Waals surface area contributed by atoms with Crippen molar-refractivity contribution in [3.05, 3.63) is 122 Å². The smallest absolute Gasteiger partial charge is 0.462 e. The Morgan fingerprint density at radius 1 is 0.290 bits per heavy atom. The largest absolute Gasteiger partial charge is 0.472 e. The quantitative estimate of drug-likeness (QED) is 0.0169. The number of carbonyl (C=O) groups excluding carboxylic acids is 4. The Morgan fingerprint density at radius 3 is 0.840 bits per heavy atom. The first kappa shape index (κ1) is 95.5. The normalized spacial score (nSPS) is 14.6. The predicted octanol–water partition coefficient (Wildman–Crippen LogP) is 22.3. The zero-order valence-electron chi connectivity index (χ0n) is 62.6. The average Bonchev–Trinajstić information content (AvgIpc) is 1.00. The summed E-state index contributed by atoms with van der Waals surface area (Å²) >= 11 is 0. The molecule has 0 saturated carbocycles. The maximum Gasteiger partial charge on any atom is 0.472 e. The van der Waals surface area contributed by atoms with Crippen LogP contribution < -0.4 is 0 Å². The minimum Gasteiger partial charge on any atom is -0.462 e.